The molecule has 12 heteroatoms. The fourth-order valence-electron chi connectivity index (χ4n) is 5.12. The number of aromatic nitrogens is 4. The SMILES string of the molecule is COc1c(C)cnc(CN2C(=O)/C(=C\c3cc(C(=O)NCCC4CCCN4)c[nH]3)c3c(Cl)nc(N)nc32)c1C. The highest BCUT2D eigenvalue weighted by molar-refractivity contribution is 6.41. The second-order valence-electron chi connectivity index (χ2n) is 9.75. The molecular formula is C27H31ClN8O3. The number of fused-ring (bicyclic) bond motifs is 1. The summed E-state index contributed by atoms with van der Waals surface area (Å²) in [7, 11) is 1.60. The highest BCUT2D eigenvalue weighted by atomic mass is 35.5. The quantitative estimate of drug-likeness (QED) is 0.247. The molecule has 0 saturated carbocycles. The van der Waals surface area contributed by atoms with Gasteiger partial charge in [0, 0.05) is 41.8 Å². The second kappa shape index (κ2) is 11.0. The van der Waals surface area contributed by atoms with E-state index in [9.17, 15) is 9.59 Å². The molecule has 204 valence electrons. The molecule has 1 fully saturated rings. The minimum absolute atomic E-state index is 0.0457. The van der Waals surface area contributed by atoms with Crippen LogP contribution < -0.4 is 26.0 Å². The molecule has 5 N–H and O–H groups in total. The first kappa shape index (κ1) is 26.6. The number of halogens is 1. The molecule has 5 heterocycles. The lowest BCUT2D eigenvalue weighted by Gasteiger charge is -2.19. The van der Waals surface area contributed by atoms with E-state index >= 15 is 0 Å². The maximum absolute atomic E-state index is 13.7. The molecule has 0 aliphatic carbocycles. The maximum atomic E-state index is 13.7. The van der Waals surface area contributed by atoms with Gasteiger partial charge in [-0.1, -0.05) is 11.6 Å². The molecule has 11 nitrogen and oxygen atoms in total. The van der Waals surface area contributed by atoms with Crippen LogP contribution in [0.5, 0.6) is 5.75 Å². The van der Waals surface area contributed by atoms with Crippen molar-refractivity contribution in [1.82, 2.24) is 30.6 Å². The van der Waals surface area contributed by atoms with Crippen LogP contribution in [0.25, 0.3) is 11.6 Å². The Morgan fingerprint density at radius 3 is 2.92 bits per heavy atom. The van der Waals surface area contributed by atoms with Gasteiger partial charge in [-0.05, 0) is 51.8 Å². The van der Waals surface area contributed by atoms with Crippen molar-refractivity contribution in [3.05, 3.63) is 57.3 Å². The van der Waals surface area contributed by atoms with E-state index in [0.717, 1.165) is 30.5 Å². The molecule has 39 heavy (non-hydrogen) atoms. The fraction of sp³-hybridized carbons (Fsp3) is 0.370. The number of amides is 2. The Hall–Kier alpha value is -3.96. The summed E-state index contributed by atoms with van der Waals surface area (Å²) in [6.07, 6.45) is 8.15. The van der Waals surface area contributed by atoms with Gasteiger partial charge in [-0.2, -0.15) is 4.98 Å². The van der Waals surface area contributed by atoms with Crippen molar-refractivity contribution in [1.29, 1.82) is 0 Å². The number of nitrogen functional groups attached to an aromatic ring is 1. The average Bonchev–Trinajstić information content (AvgIpc) is 3.64. The molecule has 0 aromatic carbocycles. The van der Waals surface area contributed by atoms with Crippen LogP contribution in [0.3, 0.4) is 0 Å². The zero-order valence-corrected chi connectivity index (χ0v) is 22.9. The zero-order chi connectivity index (χ0) is 27.7. The van der Waals surface area contributed by atoms with Crippen LogP contribution >= 0.6 is 11.6 Å². The Morgan fingerprint density at radius 1 is 1.36 bits per heavy atom. The second-order valence-corrected chi connectivity index (χ2v) is 10.1. The van der Waals surface area contributed by atoms with E-state index in [1.807, 2.05) is 13.8 Å². The van der Waals surface area contributed by atoms with Gasteiger partial charge in [-0.3, -0.25) is 19.5 Å². The van der Waals surface area contributed by atoms with Crippen molar-refractivity contribution >= 4 is 46.8 Å². The molecule has 0 bridgehead atoms. The standard InChI is InChI=1S/C27H31ClN8O3/c1-14-11-33-20(15(2)22(14)39-3)13-36-24-21(23(28)34-27(29)35-24)19(26(36)38)10-18-9-16(12-32-18)25(37)31-8-6-17-5-4-7-30-17/h9-12,17,30,32H,4-8,13H2,1-3H3,(H,31,37)(H2,29,34,35)/b19-10-. The van der Waals surface area contributed by atoms with Crippen LogP contribution in [0.4, 0.5) is 11.8 Å². The molecule has 3 aromatic rings. The first-order valence-corrected chi connectivity index (χ1v) is 13.2. The number of aryl methyl sites for hydroxylation is 1. The van der Waals surface area contributed by atoms with Crippen molar-refractivity contribution in [2.45, 2.75) is 45.7 Å². The van der Waals surface area contributed by atoms with Gasteiger partial charge in [0.2, 0.25) is 5.95 Å². The molecule has 1 atom stereocenters. The lowest BCUT2D eigenvalue weighted by Crippen LogP contribution is -2.30. The van der Waals surface area contributed by atoms with Gasteiger partial charge in [0.15, 0.2) is 5.82 Å². The minimum Gasteiger partial charge on any atom is -0.496 e. The van der Waals surface area contributed by atoms with Crippen molar-refractivity contribution in [3.8, 4) is 5.75 Å². The maximum Gasteiger partial charge on any atom is 0.260 e. The first-order chi connectivity index (χ1) is 18.8. The number of hydrogen-bond acceptors (Lipinski definition) is 8. The number of hydrogen-bond donors (Lipinski definition) is 4. The van der Waals surface area contributed by atoms with E-state index in [2.05, 4.69) is 30.6 Å². The largest absolute Gasteiger partial charge is 0.496 e. The Labute approximate surface area is 231 Å². The van der Waals surface area contributed by atoms with E-state index in [4.69, 9.17) is 22.1 Å². The summed E-state index contributed by atoms with van der Waals surface area (Å²) in [4.78, 5) is 43.8. The Bertz CT molecular complexity index is 1460. The van der Waals surface area contributed by atoms with Gasteiger partial charge >= 0.3 is 0 Å². The number of anilines is 2. The minimum atomic E-state index is -0.336. The summed E-state index contributed by atoms with van der Waals surface area (Å²) in [5, 5.41) is 6.45. The third-order valence-corrected chi connectivity index (χ3v) is 7.40. The van der Waals surface area contributed by atoms with Crippen LogP contribution in [-0.4, -0.2) is 58.0 Å². The fourth-order valence-corrected chi connectivity index (χ4v) is 5.39. The average molecular weight is 551 g/mol. The third-order valence-electron chi connectivity index (χ3n) is 7.13. The van der Waals surface area contributed by atoms with Crippen molar-refractivity contribution in [2.75, 3.05) is 30.8 Å². The zero-order valence-electron chi connectivity index (χ0n) is 22.1. The highest BCUT2D eigenvalue weighted by Crippen LogP contribution is 2.41. The number of carbonyl (C=O) groups is 2. The van der Waals surface area contributed by atoms with Crippen LogP contribution in [0.2, 0.25) is 5.15 Å². The highest BCUT2D eigenvalue weighted by Gasteiger charge is 2.37. The van der Waals surface area contributed by atoms with Crippen LogP contribution in [-0.2, 0) is 11.3 Å². The first-order valence-electron chi connectivity index (χ1n) is 12.8. The van der Waals surface area contributed by atoms with Gasteiger partial charge in [0.05, 0.1) is 36.0 Å². The summed E-state index contributed by atoms with van der Waals surface area (Å²) in [5.41, 5.74) is 9.94. The third kappa shape index (κ3) is 5.32. The lowest BCUT2D eigenvalue weighted by molar-refractivity contribution is -0.113. The molecule has 2 aliphatic heterocycles. The number of methoxy groups -OCH3 is 1. The van der Waals surface area contributed by atoms with E-state index in [1.54, 1.807) is 31.6 Å². The number of nitrogens with two attached hydrogens (primary N) is 1. The Kier molecular flexibility index (Phi) is 7.53. The smallest absolute Gasteiger partial charge is 0.260 e. The molecule has 1 unspecified atom stereocenters. The Balaban J connectivity index is 1.40. The number of H-pyrrole nitrogens is 1. The van der Waals surface area contributed by atoms with Gasteiger partial charge in [-0.25, -0.2) is 4.98 Å². The van der Waals surface area contributed by atoms with Crippen LogP contribution in [0.1, 0.15) is 57.7 Å². The van der Waals surface area contributed by atoms with E-state index < -0.39 is 0 Å². The summed E-state index contributed by atoms with van der Waals surface area (Å²) in [6, 6.07) is 2.14. The van der Waals surface area contributed by atoms with Crippen molar-refractivity contribution < 1.29 is 14.3 Å². The topological polar surface area (TPSA) is 151 Å². The number of nitrogens with one attached hydrogen (secondary N) is 3. The van der Waals surface area contributed by atoms with E-state index in [0.29, 0.717) is 46.7 Å². The van der Waals surface area contributed by atoms with E-state index in [1.165, 1.54) is 11.3 Å². The molecular weight excluding hydrogens is 520 g/mol. The van der Waals surface area contributed by atoms with E-state index in [-0.39, 0.29) is 35.0 Å². The summed E-state index contributed by atoms with van der Waals surface area (Å²) >= 11 is 6.47. The molecule has 3 aromatic heterocycles. The molecule has 2 aliphatic rings. The molecule has 0 spiro atoms. The lowest BCUT2D eigenvalue weighted by atomic mass is 10.1. The number of ether oxygens (including phenoxy) is 1. The number of aromatic amines is 1. The van der Waals surface area contributed by atoms with Crippen LogP contribution in [0.15, 0.2) is 18.5 Å². The Morgan fingerprint density at radius 2 is 2.18 bits per heavy atom. The number of nitrogens with zero attached hydrogens (tertiary/aromatic N) is 4. The molecule has 5 rings (SSSR count). The molecule has 2 amide bonds. The number of rotatable bonds is 8. The molecule has 1 saturated heterocycles. The monoisotopic (exact) mass is 550 g/mol. The van der Waals surface area contributed by atoms with Crippen LogP contribution in [0, 0.1) is 13.8 Å². The summed E-state index contributed by atoms with van der Waals surface area (Å²) in [6.45, 7) is 5.55. The predicted molar refractivity (Wildman–Crippen MR) is 150 cm³/mol. The van der Waals surface area contributed by atoms with Crippen molar-refractivity contribution in [3.63, 3.8) is 0 Å². The van der Waals surface area contributed by atoms with Gasteiger partial charge in [0.25, 0.3) is 11.8 Å². The van der Waals surface area contributed by atoms with Gasteiger partial charge < -0.3 is 26.1 Å². The summed E-state index contributed by atoms with van der Waals surface area (Å²) in [5.74, 6) is 0.444. The normalized spacial score (nSPS) is 17.6. The van der Waals surface area contributed by atoms with Crippen molar-refractivity contribution in [2.24, 2.45) is 0 Å². The number of carbonyl (C=O) groups excluding carboxylic acids is 2. The van der Waals surface area contributed by atoms with Gasteiger partial charge in [0.1, 0.15) is 10.9 Å². The molecule has 0 radical (unpaired) electrons. The number of pyridine rings is 1. The van der Waals surface area contributed by atoms with Gasteiger partial charge in [-0.15, -0.1) is 0 Å². The predicted octanol–water partition coefficient (Wildman–Crippen LogP) is 3.02. The summed E-state index contributed by atoms with van der Waals surface area (Å²) < 4.78 is 5.53.